The second kappa shape index (κ2) is 8.81. The van der Waals surface area contributed by atoms with Gasteiger partial charge in [0.2, 0.25) is 5.91 Å². The van der Waals surface area contributed by atoms with Gasteiger partial charge in [-0.25, -0.2) is 4.79 Å². The summed E-state index contributed by atoms with van der Waals surface area (Å²) in [5.74, 6) is 0.767. The Labute approximate surface area is 163 Å². The number of nitrogens with zero attached hydrogens (tertiary/aromatic N) is 1. The number of carbonyl (C=O) groups excluding carboxylic acids is 2. The fourth-order valence-corrected chi connectivity index (χ4v) is 3.59. The maximum atomic E-state index is 12.4. The molecule has 3 rings (SSSR count). The summed E-state index contributed by atoms with van der Waals surface area (Å²) >= 11 is 1.57. The zero-order valence-electron chi connectivity index (χ0n) is 15.4. The third-order valence-corrected chi connectivity index (χ3v) is 5.07. The number of amides is 3. The molecule has 0 aromatic heterocycles. The normalized spacial score (nSPS) is 16.3. The Bertz CT molecular complexity index is 810. The Kier molecular flexibility index (Phi) is 6.24. The van der Waals surface area contributed by atoms with Gasteiger partial charge >= 0.3 is 6.03 Å². The molecule has 1 atom stereocenters. The molecule has 142 valence electrons. The molecule has 7 heteroatoms. The molecule has 2 aromatic carbocycles. The van der Waals surface area contributed by atoms with Crippen molar-refractivity contribution in [2.24, 2.45) is 0 Å². The molecule has 0 saturated carbocycles. The van der Waals surface area contributed by atoms with Crippen molar-refractivity contribution in [2.45, 2.75) is 24.3 Å². The number of anilines is 2. The van der Waals surface area contributed by atoms with Gasteiger partial charge in [0.25, 0.3) is 0 Å². The van der Waals surface area contributed by atoms with Crippen LogP contribution in [-0.2, 0) is 4.79 Å². The van der Waals surface area contributed by atoms with E-state index >= 15 is 0 Å². The zero-order chi connectivity index (χ0) is 19.2. The van der Waals surface area contributed by atoms with Gasteiger partial charge < -0.3 is 20.3 Å². The number of carbonyl (C=O) groups is 2. The minimum Gasteiger partial charge on any atom is -0.494 e. The summed E-state index contributed by atoms with van der Waals surface area (Å²) in [5.41, 5.74) is 1.57. The molecule has 0 bridgehead atoms. The predicted molar refractivity (Wildman–Crippen MR) is 109 cm³/mol. The van der Waals surface area contributed by atoms with Gasteiger partial charge in [-0.05, 0) is 49.6 Å². The van der Waals surface area contributed by atoms with E-state index < -0.39 is 0 Å². The lowest BCUT2D eigenvalue weighted by Gasteiger charge is -2.18. The standard InChI is InChI=1S/C20H23N3O3S/c1-3-26-16-10-8-15(9-11-16)23-13-14(12-19(23)24)21-20(25)22-17-6-4-5-7-18(17)27-2/h4-11,14H,3,12-13H2,1-2H3,(H2,21,22,25). The molecule has 1 unspecified atom stereocenters. The Hall–Kier alpha value is -2.67. The van der Waals surface area contributed by atoms with Crippen molar-refractivity contribution in [3.63, 3.8) is 0 Å². The summed E-state index contributed by atoms with van der Waals surface area (Å²) in [5, 5.41) is 5.76. The van der Waals surface area contributed by atoms with E-state index in [2.05, 4.69) is 10.6 Å². The van der Waals surface area contributed by atoms with Crippen molar-refractivity contribution in [3.05, 3.63) is 48.5 Å². The highest BCUT2D eigenvalue weighted by atomic mass is 32.2. The SMILES string of the molecule is CCOc1ccc(N2CC(NC(=O)Nc3ccccc3SC)CC2=O)cc1. The van der Waals surface area contributed by atoms with Crippen LogP contribution in [0.5, 0.6) is 5.75 Å². The van der Waals surface area contributed by atoms with Gasteiger partial charge in [-0.1, -0.05) is 12.1 Å². The Balaban J connectivity index is 1.59. The highest BCUT2D eigenvalue weighted by Crippen LogP contribution is 2.26. The van der Waals surface area contributed by atoms with Crippen LogP contribution in [0.3, 0.4) is 0 Å². The van der Waals surface area contributed by atoms with Gasteiger partial charge in [0.1, 0.15) is 5.75 Å². The molecule has 1 aliphatic heterocycles. The van der Waals surface area contributed by atoms with Gasteiger partial charge in [-0.15, -0.1) is 11.8 Å². The van der Waals surface area contributed by atoms with E-state index in [1.54, 1.807) is 16.7 Å². The monoisotopic (exact) mass is 385 g/mol. The van der Waals surface area contributed by atoms with Crippen LogP contribution >= 0.6 is 11.8 Å². The lowest BCUT2D eigenvalue weighted by Crippen LogP contribution is -2.39. The van der Waals surface area contributed by atoms with Crippen LogP contribution in [0.25, 0.3) is 0 Å². The smallest absolute Gasteiger partial charge is 0.319 e. The molecular weight excluding hydrogens is 362 g/mol. The van der Waals surface area contributed by atoms with Crippen molar-refractivity contribution in [1.29, 1.82) is 0 Å². The van der Waals surface area contributed by atoms with E-state index in [0.717, 1.165) is 22.0 Å². The Morgan fingerprint density at radius 3 is 2.67 bits per heavy atom. The van der Waals surface area contributed by atoms with Crippen LogP contribution in [0.1, 0.15) is 13.3 Å². The number of para-hydroxylation sites is 1. The van der Waals surface area contributed by atoms with E-state index in [4.69, 9.17) is 4.74 Å². The second-order valence-corrected chi connectivity index (χ2v) is 6.98. The molecule has 1 saturated heterocycles. The first-order chi connectivity index (χ1) is 13.1. The van der Waals surface area contributed by atoms with Gasteiger partial charge in [-0.3, -0.25) is 4.79 Å². The molecule has 1 heterocycles. The highest BCUT2D eigenvalue weighted by Gasteiger charge is 2.31. The predicted octanol–water partition coefficient (Wildman–Crippen LogP) is 3.73. The molecular formula is C20H23N3O3S. The van der Waals surface area contributed by atoms with Crippen LogP contribution in [0, 0.1) is 0 Å². The van der Waals surface area contributed by atoms with E-state index in [-0.39, 0.29) is 24.4 Å². The van der Waals surface area contributed by atoms with Crippen LogP contribution in [0.2, 0.25) is 0 Å². The largest absolute Gasteiger partial charge is 0.494 e. The van der Waals surface area contributed by atoms with E-state index in [1.165, 1.54) is 0 Å². The number of hydrogen-bond acceptors (Lipinski definition) is 4. The highest BCUT2D eigenvalue weighted by molar-refractivity contribution is 7.98. The number of hydrogen-bond donors (Lipinski definition) is 2. The lowest BCUT2D eigenvalue weighted by molar-refractivity contribution is -0.117. The molecule has 1 fully saturated rings. The molecule has 2 aromatic rings. The fraction of sp³-hybridized carbons (Fsp3) is 0.300. The number of urea groups is 1. The summed E-state index contributed by atoms with van der Waals surface area (Å²) < 4.78 is 5.43. The first kappa shape index (κ1) is 19.1. The van der Waals surface area contributed by atoms with Crippen molar-refractivity contribution in [3.8, 4) is 5.75 Å². The van der Waals surface area contributed by atoms with Crippen LogP contribution in [0.15, 0.2) is 53.4 Å². The van der Waals surface area contributed by atoms with E-state index in [1.807, 2.05) is 61.7 Å². The van der Waals surface area contributed by atoms with Crippen molar-refractivity contribution < 1.29 is 14.3 Å². The zero-order valence-corrected chi connectivity index (χ0v) is 16.2. The average molecular weight is 385 g/mol. The molecule has 2 N–H and O–H groups in total. The van der Waals surface area contributed by atoms with Gasteiger partial charge in [-0.2, -0.15) is 0 Å². The molecule has 3 amide bonds. The molecule has 6 nitrogen and oxygen atoms in total. The minimum absolute atomic E-state index is 0.00558. The van der Waals surface area contributed by atoms with Crippen LogP contribution < -0.4 is 20.3 Å². The van der Waals surface area contributed by atoms with E-state index in [9.17, 15) is 9.59 Å². The summed E-state index contributed by atoms with van der Waals surface area (Å²) in [6.45, 7) is 2.98. The third kappa shape index (κ3) is 4.74. The molecule has 1 aliphatic rings. The topological polar surface area (TPSA) is 70.7 Å². The summed E-state index contributed by atoms with van der Waals surface area (Å²) in [6, 6.07) is 14.5. The maximum absolute atomic E-state index is 12.4. The third-order valence-electron chi connectivity index (χ3n) is 4.27. The second-order valence-electron chi connectivity index (χ2n) is 6.13. The van der Waals surface area contributed by atoms with Crippen molar-refractivity contribution in [1.82, 2.24) is 5.32 Å². The number of nitrogens with one attached hydrogen (secondary N) is 2. The Morgan fingerprint density at radius 1 is 1.22 bits per heavy atom. The van der Waals surface area contributed by atoms with Crippen molar-refractivity contribution in [2.75, 3.05) is 29.6 Å². The van der Waals surface area contributed by atoms with Gasteiger partial charge in [0.05, 0.1) is 18.3 Å². The minimum atomic E-state index is -0.303. The Morgan fingerprint density at radius 2 is 1.96 bits per heavy atom. The molecule has 0 spiro atoms. The van der Waals surface area contributed by atoms with E-state index in [0.29, 0.717) is 13.2 Å². The quantitative estimate of drug-likeness (QED) is 0.743. The maximum Gasteiger partial charge on any atom is 0.319 e. The molecule has 0 aliphatic carbocycles. The van der Waals surface area contributed by atoms with Gasteiger partial charge in [0.15, 0.2) is 0 Å². The lowest BCUT2D eigenvalue weighted by atomic mass is 10.2. The first-order valence-corrected chi connectivity index (χ1v) is 10.1. The van der Waals surface area contributed by atoms with Crippen molar-refractivity contribution >= 4 is 35.1 Å². The summed E-state index contributed by atoms with van der Waals surface area (Å²) in [4.78, 5) is 27.4. The number of benzene rings is 2. The summed E-state index contributed by atoms with van der Waals surface area (Å²) in [7, 11) is 0. The number of thioether (sulfide) groups is 1. The molecule has 0 radical (unpaired) electrons. The first-order valence-electron chi connectivity index (χ1n) is 8.84. The van der Waals surface area contributed by atoms with Crippen LogP contribution in [0.4, 0.5) is 16.2 Å². The number of rotatable bonds is 6. The molecule has 27 heavy (non-hydrogen) atoms. The fourth-order valence-electron chi connectivity index (χ4n) is 3.03. The summed E-state index contributed by atoms with van der Waals surface area (Å²) in [6.07, 6.45) is 2.24. The van der Waals surface area contributed by atoms with Crippen LogP contribution in [-0.4, -0.2) is 37.4 Å². The average Bonchev–Trinajstić information content (AvgIpc) is 3.03. The number of ether oxygens (including phenoxy) is 1. The van der Waals surface area contributed by atoms with Gasteiger partial charge in [0, 0.05) is 23.5 Å².